The van der Waals surface area contributed by atoms with Crippen LogP contribution in [0.15, 0.2) is 36.4 Å². The summed E-state index contributed by atoms with van der Waals surface area (Å²) in [6.07, 6.45) is 0. The molecular formula is C18H16Cl2N2O3. The Hall–Kier alpha value is -2.08. The number of carbonyl (C=O) groups excluding carboxylic acids is 2. The van der Waals surface area contributed by atoms with E-state index in [1.807, 2.05) is 18.0 Å². The van der Waals surface area contributed by atoms with Crippen molar-refractivity contribution in [3.8, 4) is 5.75 Å². The fraction of sp³-hybridized carbons (Fsp3) is 0.222. The number of hydrogen-bond acceptors (Lipinski definition) is 4. The van der Waals surface area contributed by atoms with E-state index in [1.165, 1.54) is 0 Å². The van der Waals surface area contributed by atoms with Crippen LogP contribution in [0, 0.1) is 0 Å². The highest BCUT2D eigenvalue weighted by molar-refractivity contribution is 6.42. The Morgan fingerprint density at radius 2 is 2.00 bits per heavy atom. The number of nitrogens with zero attached hydrogens (tertiary/aromatic N) is 1. The molecule has 0 saturated heterocycles. The molecule has 0 unspecified atom stereocenters. The number of ether oxygens (including phenoxy) is 1. The van der Waals surface area contributed by atoms with E-state index in [-0.39, 0.29) is 24.8 Å². The van der Waals surface area contributed by atoms with E-state index < -0.39 is 0 Å². The molecule has 0 bridgehead atoms. The predicted molar refractivity (Wildman–Crippen MR) is 97.7 cm³/mol. The van der Waals surface area contributed by atoms with E-state index in [0.717, 1.165) is 5.56 Å². The molecule has 2 aromatic rings. The maximum absolute atomic E-state index is 12.5. The summed E-state index contributed by atoms with van der Waals surface area (Å²) < 4.78 is 5.29. The van der Waals surface area contributed by atoms with Gasteiger partial charge in [0.05, 0.1) is 22.3 Å². The van der Waals surface area contributed by atoms with E-state index >= 15 is 0 Å². The molecule has 5 nitrogen and oxygen atoms in total. The molecule has 0 atom stereocenters. The SMILES string of the molecule is CN(CC(=O)c1ccc2c(c1)NC(=O)CO2)Cc1ccc(Cl)c(Cl)c1. The van der Waals surface area contributed by atoms with Gasteiger partial charge in [-0.25, -0.2) is 0 Å². The number of anilines is 1. The average molecular weight is 379 g/mol. The summed E-state index contributed by atoms with van der Waals surface area (Å²) in [4.78, 5) is 25.8. The maximum atomic E-state index is 12.5. The number of carbonyl (C=O) groups is 2. The van der Waals surface area contributed by atoms with Crippen molar-refractivity contribution in [2.75, 3.05) is 25.5 Å². The number of hydrogen-bond donors (Lipinski definition) is 1. The molecule has 25 heavy (non-hydrogen) atoms. The van der Waals surface area contributed by atoms with Gasteiger partial charge in [-0.2, -0.15) is 0 Å². The molecule has 1 aliphatic heterocycles. The molecule has 0 aliphatic carbocycles. The molecule has 1 amide bonds. The Balaban J connectivity index is 1.66. The fourth-order valence-electron chi connectivity index (χ4n) is 2.60. The number of ketones is 1. The fourth-order valence-corrected chi connectivity index (χ4v) is 2.92. The zero-order chi connectivity index (χ0) is 18.0. The van der Waals surface area contributed by atoms with Crippen molar-refractivity contribution < 1.29 is 14.3 Å². The first-order valence-electron chi connectivity index (χ1n) is 7.65. The van der Waals surface area contributed by atoms with E-state index in [2.05, 4.69) is 5.32 Å². The summed E-state index contributed by atoms with van der Waals surface area (Å²) in [5, 5.41) is 3.70. The molecule has 130 valence electrons. The number of amides is 1. The van der Waals surface area contributed by atoms with Crippen LogP contribution in [0.25, 0.3) is 0 Å². The molecule has 0 spiro atoms. The Morgan fingerprint density at radius 3 is 2.76 bits per heavy atom. The minimum Gasteiger partial charge on any atom is -0.482 e. The average Bonchev–Trinajstić information content (AvgIpc) is 2.57. The van der Waals surface area contributed by atoms with Crippen LogP contribution in [-0.4, -0.2) is 36.8 Å². The monoisotopic (exact) mass is 378 g/mol. The number of nitrogens with one attached hydrogen (secondary N) is 1. The second-order valence-corrected chi connectivity index (χ2v) is 6.71. The third kappa shape index (κ3) is 4.31. The third-order valence-corrected chi connectivity index (χ3v) is 4.52. The van der Waals surface area contributed by atoms with Gasteiger partial charge in [0.15, 0.2) is 12.4 Å². The quantitative estimate of drug-likeness (QED) is 0.806. The molecule has 3 rings (SSSR count). The highest BCUT2D eigenvalue weighted by Gasteiger charge is 2.18. The summed E-state index contributed by atoms with van der Waals surface area (Å²) in [5.41, 5.74) is 2.01. The van der Waals surface area contributed by atoms with Crippen molar-refractivity contribution in [3.05, 3.63) is 57.6 Å². The predicted octanol–water partition coefficient (Wildman–Crippen LogP) is 3.64. The van der Waals surface area contributed by atoms with Crippen LogP contribution < -0.4 is 10.1 Å². The van der Waals surface area contributed by atoms with Gasteiger partial charge < -0.3 is 10.1 Å². The zero-order valence-electron chi connectivity index (χ0n) is 13.5. The minimum absolute atomic E-state index is 0.00726. The lowest BCUT2D eigenvalue weighted by Gasteiger charge is -2.19. The zero-order valence-corrected chi connectivity index (χ0v) is 15.0. The van der Waals surface area contributed by atoms with Crippen LogP contribution in [0.3, 0.4) is 0 Å². The Bertz CT molecular complexity index is 839. The molecule has 1 N–H and O–H groups in total. The summed E-state index contributed by atoms with van der Waals surface area (Å²) in [6.45, 7) is 0.786. The molecule has 1 aliphatic rings. The highest BCUT2D eigenvalue weighted by Crippen LogP contribution is 2.28. The first kappa shape index (κ1) is 17.7. The second-order valence-electron chi connectivity index (χ2n) is 5.89. The molecular weight excluding hydrogens is 363 g/mol. The maximum Gasteiger partial charge on any atom is 0.262 e. The van der Waals surface area contributed by atoms with Gasteiger partial charge in [-0.1, -0.05) is 29.3 Å². The van der Waals surface area contributed by atoms with Gasteiger partial charge in [0.1, 0.15) is 5.75 Å². The van der Waals surface area contributed by atoms with Crippen LogP contribution in [-0.2, 0) is 11.3 Å². The van der Waals surface area contributed by atoms with Crippen LogP contribution in [0.5, 0.6) is 5.75 Å². The van der Waals surface area contributed by atoms with Crippen LogP contribution in [0.1, 0.15) is 15.9 Å². The van der Waals surface area contributed by atoms with Gasteiger partial charge in [-0.3, -0.25) is 14.5 Å². The number of likely N-dealkylation sites (N-methyl/N-ethyl adjacent to an activating group) is 1. The van der Waals surface area contributed by atoms with Crippen LogP contribution in [0.2, 0.25) is 10.0 Å². The smallest absolute Gasteiger partial charge is 0.262 e. The lowest BCUT2D eigenvalue weighted by Crippen LogP contribution is -2.27. The Labute approximate surface area is 155 Å². The molecule has 0 aromatic heterocycles. The molecule has 0 saturated carbocycles. The van der Waals surface area contributed by atoms with E-state index in [1.54, 1.807) is 30.3 Å². The van der Waals surface area contributed by atoms with Gasteiger partial charge in [-0.05, 0) is 42.9 Å². The van der Waals surface area contributed by atoms with Crippen molar-refractivity contribution >= 4 is 40.6 Å². The highest BCUT2D eigenvalue weighted by atomic mass is 35.5. The summed E-state index contributed by atoms with van der Waals surface area (Å²) in [6, 6.07) is 10.4. The van der Waals surface area contributed by atoms with Crippen molar-refractivity contribution in [2.45, 2.75) is 6.54 Å². The van der Waals surface area contributed by atoms with E-state index in [0.29, 0.717) is 33.6 Å². The number of rotatable bonds is 5. The standard InChI is InChI=1S/C18H16Cl2N2O3/c1-22(8-11-2-4-13(19)14(20)6-11)9-16(23)12-3-5-17-15(7-12)21-18(24)10-25-17/h2-7H,8-10H2,1H3,(H,21,24). The van der Waals surface area contributed by atoms with Gasteiger partial charge in [0.2, 0.25) is 0 Å². The minimum atomic E-state index is -0.228. The van der Waals surface area contributed by atoms with Crippen molar-refractivity contribution in [1.29, 1.82) is 0 Å². The number of halogens is 2. The Kier molecular flexibility index (Phi) is 5.27. The number of Topliss-reactive ketones (excluding diaryl/α,β-unsaturated/α-hetero) is 1. The normalized spacial score (nSPS) is 13.2. The van der Waals surface area contributed by atoms with Crippen LogP contribution >= 0.6 is 23.2 Å². The topological polar surface area (TPSA) is 58.6 Å². The third-order valence-electron chi connectivity index (χ3n) is 3.78. The lowest BCUT2D eigenvalue weighted by molar-refractivity contribution is -0.118. The molecule has 7 heteroatoms. The first-order chi connectivity index (χ1) is 11.9. The second kappa shape index (κ2) is 7.44. The number of benzene rings is 2. The lowest BCUT2D eigenvalue weighted by atomic mass is 10.1. The first-order valence-corrected chi connectivity index (χ1v) is 8.40. The summed E-state index contributed by atoms with van der Waals surface area (Å²) >= 11 is 11.9. The molecule has 0 fully saturated rings. The Morgan fingerprint density at radius 1 is 1.20 bits per heavy atom. The molecule has 0 radical (unpaired) electrons. The van der Waals surface area contributed by atoms with Gasteiger partial charge >= 0.3 is 0 Å². The van der Waals surface area contributed by atoms with Gasteiger partial charge in [0, 0.05) is 12.1 Å². The van der Waals surface area contributed by atoms with Crippen LogP contribution in [0.4, 0.5) is 5.69 Å². The summed E-state index contributed by atoms with van der Waals surface area (Å²) in [7, 11) is 1.85. The molecule has 1 heterocycles. The summed E-state index contributed by atoms with van der Waals surface area (Å²) in [5.74, 6) is 0.291. The molecule has 2 aromatic carbocycles. The largest absolute Gasteiger partial charge is 0.482 e. The van der Waals surface area contributed by atoms with Crippen molar-refractivity contribution in [2.24, 2.45) is 0 Å². The number of fused-ring (bicyclic) bond motifs is 1. The van der Waals surface area contributed by atoms with Crippen molar-refractivity contribution in [3.63, 3.8) is 0 Å². The van der Waals surface area contributed by atoms with E-state index in [9.17, 15) is 9.59 Å². The van der Waals surface area contributed by atoms with Gasteiger partial charge in [-0.15, -0.1) is 0 Å². The van der Waals surface area contributed by atoms with Gasteiger partial charge in [0.25, 0.3) is 5.91 Å². The van der Waals surface area contributed by atoms with Crippen molar-refractivity contribution in [1.82, 2.24) is 4.90 Å². The van der Waals surface area contributed by atoms with E-state index in [4.69, 9.17) is 27.9 Å².